The van der Waals surface area contributed by atoms with Gasteiger partial charge >= 0.3 is 0 Å². The van der Waals surface area contributed by atoms with E-state index in [1.165, 1.54) is 12.0 Å². The minimum absolute atomic E-state index is 0.0441. The molecular weight excluding hydrogens is 438 g/mol. The summed E-state index contributed by atoms with van der Waals surface area (Å²) in [7, 11) is 6.61. The first-order chi connectivity index (χ1) is 16.3. The number of para-hydroxylation sites is 1. The number of benzene rings is 1. The minimum Gasteiger partial charge on any atom is -0.489 e. The first-order valence-corrected chi connectivity index (χ1v) is 11.7. The number of carbonyl (C=O) groups is 2. The molecule has 0 aliphatic carbocycles. The van der Waals surface area contributed by atoms with Crippen LogP contribution in [0.3, 0.4) is 0 Å². The molecule has 9 nitrogen and oxygen atoms in total. The maximum Gasteiger partial charge on any atom is 0.257 e. The van der Waals surface area contributed by atoms with Crippen molar-refractivity contribution in [2.75, 3.05) is 48.0 Å². The predicted molar refractivity (Wildman–Crippen MR) is 125 cm³/mol. The second-order valence-corrected chi connectivity index (χ2v) is 9.05. The van der Waals surface area contributed by atoms with Crippen molar-refractivity contribution >= 4 is 11.8 Å². The van der Waals surface area contributed by atoms with Gasteiger partial charge in [-0.05, 0) is 31.4 Å². The van der Waals surface area contributed by atoms with Gasteiger partial charge in [-0.2, -0.15) is 5.26 Å². The van der Waals surface area contributed by atoms with Crippen LogP contribution in [-0.2, 0) is 19.0 Å². The molecule has 0 spiro atoms. The van der Waals surface area contributed by atoms with Crippen LogP contribution in [0.15, 0.2) is 18.2 Å². The Balaban J connectivity index is 1.98. The van der Waals surface area contributed by atoms with Gasteiger partial charge in [0.15, 0.2) is 0 Å². The van der Waals surface area contributed by atoms with Crippen molar-refractivity contribution < 1.29 is 28.5 Å². The number of hydrogen-bond acceptors (Lipinski definition) is 7. The van der Waals surface area contributed by atoms with Gasteiger partial charge in [0.1, 0.15) is 24.5 Å². The fraction of sp³-hybridized carbons (Fsp3) is 0.640. The van der Waals surface area contributed by atoms with Crippen molar-refractivity contribution in [1.82, 2.24) is 9.80 Å². The molecule has 2 aliphatic rings. The molecule has 1 fully saturated rings. The number of likely N-dealkylation sites (N-methyl/N-ethyl adjacent to an activating group) is 1. The average molecular weight is 474 g/mol. The quantitative estimate of drug-likeness (QED) is 0.648. The molecule has 0 unspecified atom stereocenters. The summed E-state index contributed by atoms with van der Waals surface area (Å²) >= 11 is 0. The standard InChI is InChI=1S/C25H35N3O6/c1-16-21(32-5)14-28(3)25(30)19-8-6-7-17(13-26)23(19)33-15-22-20(31-4)10-9-18(34-22)11-12-27(2)24(16)29/h6-8,16,18,20-22H,9-12,14-15H2,1-5H3/t16-,18-,20-,21-,22-/m1/s1. The van der Waals surface area contributed by atoms with Gasteiger partial charge in [0.2, 0.25) is 5.91 Å². The van der Waals surface area contributed by atoms with Crippen molar-refractivity contribution in [1.29, 1.82) is 5.26 Å². The summed E-state index contributed by atoms with van der Waals surface area (Å²) in [4.78, 5) is 29.7. The van der Waals surface area contributed by atoms with Crippen LogP contribution in [0.1, 0.15) is 42.1 Å². The van der Waals surface area contributed by atoms with E-state index in [2.05, 4.69) is 6.07 Å². The molecular formula is C25H35N3O6. The SMILES string of the molecule is CO[C@@H]1CC[C@@H]2CCN(C)C(=O)[C@H](C)[C@H](OC)CN(C)C(=O)c3cccc(C#N)c3OC[C@H]1O2. The lowest BCUT2D eigenvalue weighted by Crippen LogP contribution is -2.47. The Labute approximate surface area is 201 Å². The van der Waals surface area contributed by atoms with Crippen LogP contribution in [-0.4, -0.2) is 94.0 Å². The number of hydrogen-bond donors (Lipinski definition) is 0. The van der Waals surface area contributed by atoms with Gasteiger partial charge in [0.05, 0.1) is 35.4 Å². The summed E-state index contributed by atoms with van der Waals surface area (Å²) in [6, 6.07) is 7.04. The summed E-state index contributed by atoms with van der Waals surface area (Å²) in [5.41, 5.74) is 0.552. The van der Waals surface area contributed by atoms with E-state index in [9.17, 15) is 14.9 Å². The lowest BCUT2D eigenvalue weighted by atomic mass is 9.98. The lowest BCUT2D eigenvalue weighted by molar-refractivity contribution is -0.147. The van der Waals surface area contributed by atoms with E-state index < -0.39 is 12.0 Å². The van der Waals surface area contributed by atoms with Gasteiger partial charge in [-0.15, -0.1) is 0 Å². The maximum absolute atomic E-state index is 13.4. The van der Waals surface area contributed by atoms with Gasteiger partial charge < -0.3 is 28.7 Å². The molecule has 3 rings (SSSR count). The second-order valence-electron chi connectivity index (χ2n) is 9.05. The normalized spacial score (nSPS) is 29.2. The highest BCUT2D eigenvalue weighted by Crippen LogP contribution is 2.29. The van der Waals surface area contributed by atoms with E-state index in [0.717, 1.165) is 12.8 Å². The summed E-state index contributed by atoms with van der Waals surface area (Å²) in [5.74, 6) is -0.582. The molecule has 0 aromatic heterocycles. The molecule has 2 aliphatic heterocycles. The van der Waals surface area contributed by atoms with E-state index in [1.54, 1.807) is 44.3 Å². The van der Waals surface area contributed by atoms with E-state index in [-0.39, 0.29) is 60.2 Å². The van der Waals surface area contributed by atoms with Gasteiger partial charge in [0.25, 0.3) is 5.91 Å². The molecule has 0 saturated carbocycles. The van der Waals surface area contributed by atoms with Gasteiger partial charge in [-0.1, -0.05) is 13.0 Å². The number of methoxy groups -OCH3 is 2. The number of nitriles is 1. The highest BCUT2D eigenvalue weighted by Gasteiger charge is 2.34. The van der Waals surface area contributed by atoms with Crippen molar-refractivity contribution in [3.8, 4) is 11.8 Å². The molecule has 5 atom stereocenters. The van der Waals surface area contributed by atoms with E-state index in [1.807, 2.05) is 6.92 Å². The lowest BCUT2D eigenvalue weighted by Gasteiger charge is -2.37. The number of nitrogens with zero attached hydrogens (tertiary/aromatic N) is 3. The number of amides is 2. The van der Waals surface area contributed by atoms with Gasteiger partial charge in [-0.25, -0.2) is 0 Å². The number of fused-ring (bicyclic) bond motifs is 3. The molecule has 186 valence electrons. The van der Waals surface area contributed by atoms with Crippen molar-refractivity contribution in [3.05, 3.63) is 29.3 Å². The summed E-state index contributed by atoms with van der Waals surface area (Å²) < 4.78 is 23.6. The zero-order valence-electron chi connectivity index (χ0n) is 20.7. The summed E-state index contributed by atoms with van der Waals surface area (Å²) in [6.45, 7) is 2.72. The molecule has 9 heteroatoms. The van der Waals surface area contributed by atoms with Crippen LogP contribution in [0.5, 0.6) is 5.75 Å². The molecule has 0 radical (unpaired) electrons. The summed E-state index contributed by atoms with van der Waals surface area (Å²) in [5, 5.41) is 9.66. The van der Waals surface area contributed by atoms with E-state index in [0.29, 0.717) is 13.0 Å². The Morgan fingerprint density at radius 3 is 2.47 bits per heavy atom. The summed E-state index contributed by atoms with van der Waals surface area (Å²) in [6.07, 6.45) is 1.25. The maximum atomic E-state index is 13.4. The first kappa shape index (κ1) is 25.9. The van der Waals surface area contributed by atoms with Crippen LogP contribution in [0.4, 0.5) is 0 Å². The van der Waals surface area contributed by atoms with Crippen LogP contribution < -0.4 is 4.74 Å². The van der Waals surface area contributed by atoms with Crippen LogP contribution in [0, 0.1) is 17.2 Å². The van der Waals surface area contributed by atoms with Gasteiger partial charge in [-0.3, -0.25) is 9.59 Å². The fourth-order valence-corrected chi connectivity index (χ4v) is 4.63. The molecule has 2 heterocycles. The molecule has 1 aromatic rings. The van der Waals surface area contributed by atoms with E-state index >= 15 is 0 Å². The zero-order valence-corrected chi connectivity index (χ0v) is 20.7. The Morgan fingerprint density at radius 1 is 1.06 bits per heavy atom. The number of carbonyl (C=O) groups excluding carboxylic acids is 2. The highest BCUT2D eigenvalue weighted by atomic mass is 16.6. The first-order valence-electron chi connectivity index (χ1n) is 11.7. The zero-order chi connectivity index (χ0) is 24.8. The topological polar surface area (TPSA) is 101 Å². The molecule has 1 aromatic carbocycles. The van der Waals surface area contributed by atoms with E-state index in [4.69, 9.17) is 18.9 Å². The Bertz CT molecular complexity index is 916. The van der Waals surface area contributed by atoms with Crippen LogP contribution >= 0.6 is 0 Å². The van der Waals surface area contributed by atoms with Crippen molar-refractivity contribution in [2.45, 2.75) is 50.6 Å². The molecule has 2 bridgehead atoms. The highest BCUT2D eigenvalue weighted by molar-refractivity contribution is 5.97. The minimum atomic E-state index is -0.488. The Hall–Kier alpha value is -2.67. The molecule has 34 heavy (non-hydrogen) atoms. The van der Waals surface area contributed by atoms with Crippen LogP contribution in [0.2, 0.25) is 0 Å². The average Bonchev–Trinajstić information content (AvgIpc) is 2.86. The third kappa shape index (κ3) is 5.69. The number of ether oxygens (including phenoxy) is 4. The predicted octanol–water partition coefficient (Wildman–Crippen LogP) is 2.08. The second kappa shape index (κ2) is 11.6. The largest absolute Gasteiger partial charge is 0.489 e. The van der Waals surface area contributed by atoms with Crippen molar-refractivity contribution in [2.24, 2.45) is 5.92 Å². The molecule has 0 N–H and O–H groups in total. The molecule has 1 saturated heterocycles. The number of rotatable bonds is 2. The third-order valence-corrected chi connectivity index (χ3v) is 6.83. The third-order valence-electron chi connectivity index (χ3n) is 6.83. The Morgan fingerprint density at radius 2 is 1.79 bits per heavy atom. The monoisotopic (exact) mass is 473 g/mol. The smallest absolute Gasteiger partial charge is 0.257 e. The molecule has 2 amide bonds. The fourth-order valence-electron chi connectivity index (χ4n) is 4.63. The van der Waals surface area contributed by atoms with Crippen LogP contribution in [0.25, 0.3) is 0 Å². The Kier molecular flexibility index (Phi) is 8.89. The van der Waals surface area contributed by atoms with Crippen molar-refractivity contribution in [3.63, 3.8) is 0 Å². The van der Waals surface area contributed by atoms with Gasteiger partial charge in [0, 0.05) is 41.4 Å².